The fourth-order valence-corrected chi connectivity index (χ4v) is 1.13. The van der Waals surface area contributed by atoms with Crippen LogP contribution in [-0.4, -0.2) is 38.5 Å². The molecule has 1 fully saturated rings. The van der Waals surface area contributed by atoms with Crippen LogP contribution in [-0.2, 0) is 9.47 Å². The third kappa shape index (κ3) is 3.52. The van der Waals surface area contributed by atoms with E-state index in [9.17, 15) is 0 Å². The SMILES string of the molecule is CCC(C)NCC1COCCO1. The molecule has 1 N–H and O–H groups in total. The molecular formula is C9H19NO2. The summed E-state index contributed by atoms with van der Waals surface area (Å²) >= 11 is 0. The lowest BCUT2D eigenvalue weighted by Gasteiger charge is -2.24. The molecule has 12 heavy (non-hydrogen) atoms. The van der Waals surface area contributed by atoms with Gasteiger partial charge >= 0.3 is 0 Å². The lowest BCUT2D eigenvalue weighted by atomic mass is 10.2. The van der Waals surface area contributed by atoms with Crippen LogP contribution in [0.1, 0.15) is 20.3 Å². The van der Waals surface area contributed by atoms with Crippen molar-refractivity contribution in [1.82, 2.24) is 5.32 Å². The molecule has 2 unspecified atom stereocenters. The molecule has 0 aromatic rings. The average molecular weight is 173 g/mol. The van der Waals surface area contributed by atoms with Crippen molar-refractivity contribution in [3.8, 4) is 0 Å². The first-order valence-corrected chi connectivity index (χ1v) is 4.75. The van der Waals surface area contributed by atoms with Crippen LogP contribution in [0.25, 0.3) is 0 Å². The summed E-state index contributed by atoms with van der Waals surface area (Å²) in [6, 6.07) is 0.579. The van der Waals surface area contributed by atoms with Crippen molar-refractivity contribution in [2.24, 2.45) is 0 Å². The topological polar surface area (TPSA) is 30.5 Å². The number of nitrogens with one attached hydrogen (secondary N) is 1. The van der Waals surface area contributed by atoms with Gasteiger partial charge in [-0.25, -0.2) is 0 Å². The zero-order valence-corrected chi connectivity index (χ0v) is 8.01. The Balaban J connectivity index is 2.05. The van der Waals surface area contributed by atoms with Crippen molar-refractivity contribution in [3.63, 3.8) is 0 Å². The summed E-state index contributed by atoms with van der Waals surface area (Å²) in [6.07, 6.45) is 1.42. The van der Waals surface area contributed by atoms with Crippen molar-refractivity contribution in [1.29, 1.82) is 0 Å². The molecule has 1 aliphatic heterocycles. The van der Waals surface area contributed by atoms with Gasteiger partial charge in [-0.1, -0.05) is 6.92 Å². The smallest absolute Gasteiger partial charge is 0.0933 e. The monoisotopic (exact) mass is 173 g/mol. The molecule has 1 saturated heterocycles. The number of hydrogen-bond donors (Lipinski definition) is 1. The van der Waals surface area contributed by atoms with Crippen LogP contribution in [0.3, 0.4) is 0 Å². The lowest BCUT2D eigenvalue weighted by molar-refractivity contribution is -0.0869. The Morgan fingerprint density at radius 3 is 2.92 bits per heavy atom. The third-order valence-electron chi connectivity index (χ3n) is 2.19. The van der Waals surface area contributed by atoms with E-state index in [1.165, 1.54) is 0 Å². The molecule has 0 spiro atoms. The summed E-state index contributed by atoms with van der Waals surface area (Å²) < 4.78 is 10.8. The Labute approximate surface area is 74.4 Å². The third-order valence-corrected chi connectivity index (χ3v) is 2.19. The zero-order valence-electron chi connectivity index (χ0n) is 8.01. The molecule has 72 valence electrons. The highest BCUT2D eigenvalue weighted by Gasteiger charge is 2.14. The quantitative estimate of drug-likeness (QED) is 0.682. The normalized spacial score (nSPS) is 27.0. The molecule has 1 rings (SSSR count). The van der Waals surface area contributed by atoms with E-state index in [2.05, 4.69) is 19.2 Å². The summed E-state index contributed by atoms with van der Waals surface area (Å²) in [7, 11) is 0. The van der Waals surface area contributed by atoms with Gasteiger partial charge in [0.15, 0.2) is 0 Å². The van der Waals surface area contributed by atoms with E-state index in [0.29, 0.717) is 6.04 Å². The minimum Gasteiger partial charge on any atom is -0.376 e. The minimum atomic E-state index is 0.257. The van der Waals surface area contributed by atoms with Gasteiger partial charge in [0.25, 0.3) is 0 Å². The maximum absolute atomic E-state index is 5.49. The fourth-order valence-electron chi connectivity index (χ4n) is 1.13. The van der Waals surface area contributed by atoms with Gasteiger partial charge in [0.1, 0.15) is 0 Å². The molecular weight excluding hydrogens is 154 g/mol. The van der Waals surface area contributed by atoms with Gasteiger partial charge < -0.3 is 14.8 Å². The Hall–Kier alpha value is -0.120. The Morgan fingerprint density at radius 1 is 1.50 bits per heavy atom. The first-order valence-electron chi connectivity index (χ1n) is 4.75. The average Bonchev–Trinajstić information content (AvgIpc) is 2.16. The number of ether oxygens (including phenoxy) is 2. The van der Waals surface area contributed by atoms with Crippen LogP contribution >= 0.6 is 0 Å². The molecule has 0 radical (unpaired) electrons. The Morgan fingerprint density at radius 2 is 2.33 bits per heavy atom. The first-order chi connectivity index (χ1) is 5.83. The summed E-state index contributed by atoms with van der Waals surface area (Å²) in [4.78, 5) is 0. The summed E-state index contributed by atoms with van der Waals surface area (Å²) in [5.74, 6) is 0. The first kappa shape index (κ1) is 9.96. The molecule has 1 aliphatic rings. The second-order valence-corrected chi connectivity index (χ2v) is 3.29. The molecule has 0 aromatic heterocycles. The van der Waals surface area contributed by atoms with E-state index in [4.69, 9.17) is 9.47 Å². The largest absolute Gasteiger partial charge is 0.376 e. The molecule has 3 nitrogen and oxygen atoms in total. The molecule has 0 bridgehead atoms. The second-order valence-electron chi connectivity index (χ2n) is 3.29. The van der Waals surface area contributed by atoms with E-state index in [1.54, 1.807) is 0 Å². The predicted molar refractivity (Wildman–Crippen MR) is 48.3 cm³/mol. The zero-order chi connectivity index (χ0) is 8.81. The van der Waals surface area contributed by atoms with Gasteiger partial charge in [0.2, 0.25) is 0 Å². The molecule has 0 aliphatic carbocycles. The molecule has 0 aromatic carbocycles. The Kier molecular flexibility index (Phi) is 4.58. The van der Waals surface area contributed by atoms with Gasteiger partial charge in [-0.15, -0.1) is 0 Å². The van der Waals surface area contributed by atoms with Gasteiger partial charge in [-0.2, -0.15) is 0 Å². The summed E-state index contributed by atoms with van der Waals surface area (Å²) in [5, 5.41) is 3.40. The molecule has 3 heteroatoms. The van der Waals surface area contributed by atoms with Crippen molar-refractivity contribution >= 4 is 0 Å². The van der Waals surface area contributed by atoms with E-state index in [1.807, 2.05) is 0 Å². The number of rotatable bonds is 4. The second kappa shape index (κ2) is 5.51. The van der Waals surface area contributed by atoms with E-state index in [0.717, 1.165) is 32.8 Å². The van der Waals surface area contributed by atoms with Crippen LogP contribution in [0.2, 0.25) is 0 Å². The van der Waals surface area contributed by atoms with Crippen molar-refractivity contribution in [2.75, 3.05) is 26.4 Å². The van der Waals surface area contributed by atoms with E-state index in [-0.39, 0.29) is 6.10 Å². The van der Waals surface area contributed by atoms with Gasteiger partial charge in [0.05, 0.1) is 25.9 Å². The summed E-state index contributed by atoms with van der Waals surface area (Å²) in [5.41, 5.74) is 0. The van der Waals surface area contributed by atoms with Crippen LogP contribution in [0.5, 0.6) is 0 Å². The minimum absolute atomic E-state index is 0.257. The van der Waals surface area contributed by atoms with Crippen molar-refractivity contribution < 1.29 is 9.47 Å². The molecule has 2 atom stereocenters. The fraction of sp³-hybridized carbons (Fsp3) is 1.00. The molecule has 0 amide bonds. The van der Waals surface area contributed by atoms with Crippen LogP contribution < -0.4 is 5.32 Å². The molecule has 0 saturated carbocycles. The van der Waals surface area contributed by atoms with Crippen molar-refractivity contribution in [2.45, 2.75) is 32.4 Å². The maximum Gasteiger partial charge on any atom is 0.0933 e. The highest BCUT2D eigenvalue weighted by molar-refractivity contribution is 4.67. The lowest BCUT2D eigenvalue weighted by Crippen LogP contribution is -2.40. The van der Waals surface area contributed by atoms with Crippen LogP contribution in [0.4, 0.5) is 0 Å². The van der Waals surface area contributed by atoms with E-state index < -0.39 is 0 Å². The highest BCUT2D eigenvalue weighted by Crippen LogP contribution is 1.99. The van der Waals surface area contributed by atoms with Gasteiger partial charge in [0, 0.05) is 12.6 Å². The number of hydrogen-bond acceptors (Lipinski definition) is 3. The Bertz CT molecular complexity index is 113. The van der Waals surface area contributed by atoms with Crippen LogP contribution in [0.15, 0.2) is 0 Å². The standard InChI is InChI=1S/C9H19NO2/c1-3-8(2)10-6-9-7-11-4-5-12-9/h8-10H,3-7H2,1-2H3. The van der Waals surface area contributed by atoms with Gasteiger partial charge in [-0.05, 0) is 13.3 Å². The molecule has 1 heterocycles. The van der Waals surface area contributed by atoms with Gasteiger partial charge in [-0.3, -0.25) is 0 Å². The predicted octanol–water partition coefficient (Wildman–Crippen LogP) is 0.790. The summed E-state index contributed by atoms with van der Waals surface area (Å²) in [6.45, 7) is 7.50. The van der Waals surface area contributed by atoms with E-state index >= 15 is 0 Å². The van der Waals surface area contributed by atoms with Crippen LogP contribution in [0, 0.1) is 0 Å². The van der Waals surface area contributed by atoms with Crippen molar-refractivity contribution in [3.05, 3.63) is 0 Å². The maximum atomic E-state index is 5.49. The highest BCUT2D eigenvalue weighted by atomic mass is 16.6.